The minimum atomic E-state index is -0.711. The van der Waals surface area contributed by atoms with Crippen LogP contribution in [0.1, 0.15) is 21.6 Å². The number of aromatic nitrogens is 1. The first kappa shape index (κ1) is 21.6. The van der Waals surface area contributed by atoms with Crippen LogP contribution >= 0.6 is 11.3 Å². The molecular formula is C24H17F3N2O2S. The van der Waals surface area contributed by atoms with Crippen molar-refractivity contribution in [3.05, 3.63) is 106 Å². The van der Waals surface area contributed by atoms with Gasteiger partial charge in [0.25, 0.3) is 5.91 Å². The van der Waals surface area contributed by atoms with Crippen LogP contribution < -0.4 is 10.1 Å². The fourth-order valence-electron chi connectivity index (χ4n) is 2.99. The predicted molar refractivity (Wildman–Crippen MR) is 116 cm³/mol. The quantitative estimate of drug-likeness (QED) is 0.388. The van der Waals surface area contributed by atoms with Crippen LogP contribution in [0.15, 0.2) is 72.1 Å². The molecule has 4 aromatic rings. The number of carbonyl (C=O) groups is 1. The van der Waals surface area contributed by atoms with E-state index in [9.17, 15) is 18.0 Å². The van der Waals surface area contributed by atoms with Crippen LogP contribution in [0.25, 0.3) is 10.6 Å². The number of hydrogen-bond acceptors (Lipinski definition) is 4. The highest BCUT2D eigenvalue weighted by atomic mass is 32.1. The molecule has 0 fully saturated rings. The molecule has 0 unspecified atom stereocenters. The topological polar surface area (TPSA) is 51.2 Å². The molecule has 0 saturated heterocycles. The lowest BCUT2D eigenvalue weighted by atomic mass is 10.2. The third-order valence-electron chi connectivity index (χ3n) is 4.53. The van der Waals surface area contributed by atoms with E-state index >= 15 is 0 Å². The Balaban J connectivity index is 1.40. The number of ether oxygens (including phenoxy) is 1. The van der Waals surface area contributed by atoms with Crippen molar-refractivity contribution in [2.45, 2.75) is 13.2 Å². The SMILES string of the molecule is O=C(NCc1ccccc1)c1csc(-c2ccc(OCc3cc(F)cc(F)c3)cc2F)n1. The molecule has 0 aliphatic carbocycles. The van der Waals surface area contributed by atoms with Gasteiger partial charge in [-0.1, -0.05) is 30.3 Å². The fourth-order valence-corrected chi connectivity index (χ4v) is 3.82. The van der Waals surface area contributed by atoms with Gasteiger partial charge in [-0.05, 0) is 35.4 Å². The van der Waals surface area contributed by atoms with Crippen molar-refractivity contribution >= 4 is 17.2 Å². The molecule has 3 aromatic carbocycles. The Morgan fingerprint density at radius 2 is 1.69 bits per heavy atom. The number of nitrogens with zero attached hydrogens (tertiary/aromatic N) is 1. The Hall–Kier alpha value is -3.65. The summed E-state index contributed by atoms with van der Waals surface area (Å²) in [6.45, 7) is 0.249. The van der Waals surface area contributed by atoms with Gasteiger partial charge in [0.05, 0.1) is 0 Å². The minimum absolute atomic E-state index is 0.115. The third-order valence-corrected chi connectivity index (χ3v) is 5.41. The van der Waals surface area contributed by atoms with Gasteiger partial charge in [0.2, 0.25) is 0 Å². The first-order valence-electron chi connectivity index (χ1n) is 9.63. The summed E-state index contributed by atoms with van der Waals surface area (Å²) in [4.78, 5) is 16.6. The van der Waals surface area contributed by atoms with Crippen LogP contribution in [0, 0.1) is 17.5 Å². The van der Waals surface area contributed by atoms with Crippen molar-refractivity contribution < 1.29 is 22.7 Å². The smallest absolute Gasteiger partial charge is 0.271 e. The average Bonchev–Trinajstić information content (AvgIpc) is 3.26. The fraction of sp³-hybridized carbons (Fsp3) is 0.0833. The average molecular weight is 454 g/mol. The van der Waals surface area contributed by atoms with Gasteiger partial charge in [0.15, 0.2) is 0 Å². The molecule has 1 heterocycles. The van der Waals surface area contributed by atoms with E-state index in [2.05, 4.69) is 10.3 Å². The highest BCUT2D eigenvalue weighted by Crippen LogP contribution is 2.29. The highest BCUT2D eigenvalue weighted by molar-refractivity contribution is 7.13. The van der Waals surface area contributed by atoms with Gasteiger partial charge in [-0.3, -0.25) is 4.79 Å². The lowest BCUT2D eigenvalue weighted by Gasteiger charge is -2.08. The summed E-state index contributed by atoms with van der Waals surface area (Å²) in [5.41, 5.74) is 1.67. The number of benzene rings is 3. The van der Waals surface area contributed by atoms with Gasteiger partial charge >= 0.3 is 0 Å². The molecule has 0 atom stereocenters. The number of rotatable bonds is 7. The highest BCUT2D eigenvalue weighted by Gasteiger charge is 2.15. The Labute approximate surface area is 186 Å². The molecule has 8 heteroatoms. The van der Waals surface area contributed by atoms with Gasteiger partial charge in [-0.15, -0.1) is 11.3 Å². The lowest BCUT2D eigenvalue weighted by Crippen LogP contribution is -2.23. The van der Waals surface area contributed by atoms with E-state index in [0.717, 1.165) is 35.1 Å². The van der Waals surface area contributed by atoms with Gasteiger partial charge < -0.3 is 10.1 Å². The van der Waals surface area contributed by atoms with Crippen LogP contribution in [-0.4, -0.2) is 10.9 Å². The van der Waals surface area contributed by atoms with Crippen LogP contribution in [0.3, 0.4) is 0 Å². The van der Waals surface area contributed by atoms with Gasteiger partial charge in [0.1, 0.15) is 40.5 Å². The van der Waals surface area contributed by atoms with E-state index in [1.165, 1.54) is 18.2 Å². The number of thiazole rings is 1. The zero-order chi connectivity index (χ0) is 22.5. The predicted octanol–water partition coefficient (Wildman–Crippen LogP) is 5.74. The Morgan fingerprint density at radius 1 is 0.938 bits per heavy atom. The van der Waals surface area contributed by atoms with Crippen molar-refractivity contribution in [3.8, 4) is 16.3 Å². The second kappa shape index (κ2) is 9.65. The normalized spacial score (nSPS) is 10.7. The molecule has 1 aromatic heterocycles. The first-order chi connectivity index (χ1) is 15.5. The maximum absolute atomic E-state index is 14.6. The molecule has 0 aliphatic rings. The van der Waals surface area contributed by atoms with Gasteiger partial charge in [0, 0.05) is 29.6 Å². The monoisotopic (exact) mass is 454 g/mol. The van der Waals surface area contributed by atoms with Crippen molar-refractivity contribution in [2.75, 3.05) is 0 Å². The van der Waals surface area contributed by atoms with Crippen molar-refractivity contribution in [1.29, 1.82) is 0 Å². The molecule has 0 aliphatic heterocycles. The summed E-state index contributed by atoms with van der Waals surface area (Å²) in [7, 11) is 0. The van der Waals surface area contributed by atoms with E-state index in [-0.39, 0.29) is 35.1 Å². The standard InChI is InChI=1S/C24H17F3N2O2S/c25-17-8-16(9-18(26)10-17)13-31-19-6-7-20(21(27)11-19)24-29-22(14-32-24)23(30)28-12-15-4-2-1-3-5-15/h1-11,14H,12-13H2,(H,28,30). The zero-order valence-electron chi connectivity index (χ0n) is 16.6. The Morgan fingerprint density at radius 3 is 2.41 bits per heavy atom. The van der Waals surface area contributed by atoms with E-state index in [4.69, 9.17) is 4.74 Å². The van der Waals surface area contributed by atoms with Crippen molar-refractivity contribution in [3.63, 3.8) is 0 Å². The molecule has 0 radical (unpaired) electrons. The molecule has 0 spiro atoms. The summed E-state index contributed by atoms with van der Waals surface area (Å²) in [5.74, 6) is -2.15. The molecule has 32 heavy (non-hydrogen) atoms. The number of hydrogen-bond donors (Lipinski definition) is 1. The second-order valence-corrected chi connectivity index (χ2v) is 7.77. The van der Waals surface area contributed by atoms with Crippen molar-refractivity contribution in [2.24, 2.45) is 0 Å². The van der Waals surface area contributed by atoms with E-state index in [1.807, 2.05) is 30.3 Å². The van der Waals surface area contributed by atoms with Crippen molar-refractivity contribution in [1.82, 2.24) is 10.3 Å². The number of halogens is 3. The maximum Gasteiger partial charge on any atom is 0.271 e. The molecular weight excluding hydrogens is 437 g/mol. The molecule has 4 rings (SSSR count). The number of amides is 1. The zero-order valence-corrected chi connectivity index (χ0v) is 17.5. The van der Waals surface area contributed by atoms with Crippen LogP contribution in [0.2, 0.25) is 0 Å². The van der Waals surface area contributed by atoms with Crippen LogP contribution in [0.5, 0.6) is 5.75 Å². The third kappa shape index (κ3) is 5.33. The maximum atomic E-state index is 14.6. The van der Waals surface area contributed by atoms with Gasteiger partial charge in [-0.25, -0.2) is 18.2 Å². The summed E-state index contributed by atoms with van der Waals surface area (Å²) in [6, 6.07) is 16.7. The largest absolute Gasteiger partial charge is 0.489 e. The van der Waals surface area contributed by atoms with Crippen LogP contribution in [0.4, 0.5) is 13.2 Å². The summed E-state index contributed by atoms with van der Waals surface area (Å²) in [6.07, 6.45) is 0. The molecule has 1 amide bonds. The Kier molecular flexibility index (Phi) is 6.51. The first-order valence-corrected chi connectivity index (χ1v) is 10.5. The molecule has 1 N–H and O–H groups in total. The molecule has 0 saturated carbocycles. The summed E-state index contributed by atoms with van der Waals surface area (Å²) >= 11 is 1.15. The summed E-state index contributed by atoms with van der Waals surface area (Å²) in [5, 5.41) is 4.70. The lowest BCUT2D eigenvalue weighted by molar-refractivity contribution is 0.0946. The molecule has 162 valence electrons. The van der Waals surface area contributed by atoms with Crippen LogP contribution in [-0.2, 0) is 13.2 Å². The van der Waals surface area contributed by atoms with E-state index in [0.29, 0.717) is 11.6 Å². The van der Waals surface area contributed by atoms with E-state index in [1.54, 1.807) is 5.38 Å². The second-order valence-electron chi connectivity index (χ2n) is 6.91. The molecule has 0 bridgehead atoms. The minimum Gasteiger partial charge on any atom is -0.489 e. The summed E-state index contributed by atoms with van der Waals surface area (Å²) < 4.78 is 46.6. The Bertz CT molecular complexity index is 1220. The number of carbonyl (C=O) groups excluding carboxylic acids is 1. The molecule has 4 nitrogen and oxygen atoms in total. The number of nitrogens with one attached hydrogen (secondary N) is 1. The van der Waals surface area contributed by atoms with Gasteiger partial charge in [-0.2, -0.15) is 0 Å². The van der Waals surface area contributed by atoms with E-state index < -0.39 is 17.5 Å².